The van der Waals surface area contributed by atoms with Crippen molar-refractivity contribution >= 4 is 49.9 Å². The standard InChI is InChI=1S/C47H44N4.C4H8.C2H6/c1-5-7-8-9-14-21-40-33-42(37-18-12-10-13-19-37)49-47(48-40)36(6-2)26-25-34(3)51-43-24-17-20-38-27-28-39-31-35(32-44(51)46(39)45(38)43)29-30-50(4)41-22-15-11-16-23-41;1-3-4-2;1-2/h6-10,12-15,17-20,22-33H,2,5,11,16,21H2,1,3-4H3;3-4H,1-2H3;1-2H3/b8-7-,14-9-,30-29-,34-25+,36-26+;4-3-;. The Morgan fingerprint density at radius 2 is 1.58 bits per heavy atom. The molecule has 2 aromatic heterocycles. The predicted molar refractivity (Wildman–Crippen MR) is 251 cm³/mol. The normalized spacial score (nSPS) is 13.6. The summed E-state index contributed by atoms with van der Waals surface area (Å²) in [5.74, 6) is 0.663. The Hall–Kier alpha value is -6.26. The summed E-state index contributed by atoms with van der Waals surface area (Å²) in [6.45, 7) is 16.5. The molecule has 0 unspecified atom stereocenters. The molecule has 0 bridgehead atoms. The summed E-state index contributed by atoms with van der Waals surface area (Å²) in [6, 6.07) is 28.1. The zero-order valence-corrected chi connectivity index (χ0v) is 34.9. The van der Waals surface area contributed by atoms with Gasteiger partial charge in [0.05, 0.1) is 16.7 Å². The summed E-state index contributed by atoms with van der Waals surface area (Å²) >= 11 is 0. The molecule has 0 fully saturated rings. The summed E-state index contributed by atoms with van der Waals surface area (Å²) in [5, 5.41) is 5.07. The summed E-state index contributed by atoms with van der Waals surface area (Å²) in [5.41, 5.74) is 9.67. The van der Waals surface area contributed by atoms with Crippen LogP contribution in [0.3, 0.4) is 0 Å². The van der Waals surface area contributed by atoms with Crippen LogP contribution in [0.5, 0.6) is 0 Å². The lowest BCUT2D eigenvalue weighted by Gasteiger charge is -2.17. The van der Waals surface area contributed by atoms with Crippen molar-refractivity contribution in [1.82, 2.24) is 19.4 Å². The Morgan fingerprint density at radius 1 is 0.825 bits per heavy atom. The third-order valence-corrected chi connectivity index (χ3v) is 9.76. The Balaban J connectivity index is 0.000000973. The van der Waals surface area contributed by atoms with E-state index in [1.54, 1.807) is 0 Å². The molecule has 6 aromatic rings. The number of likely N-dealkylation sites (N-methyl/N-ethyl adjacent to an activating group) is 1. The topological polar surface area (TPSA) is 34.0 Å². The van der Waals surface area contributed by atoms with E-state index in [0.717, 1.165) is 53.0 Å². The second-order valence-corrected chi connectivity index (χ2v) is 13.7. The first-order chi connectivity index (χ1) is 27.9. The lowest BCUT2D eigenvalue weighted by Crippen LogP contribution is -2.09. The summed E-state index contributed by atoms with van der Waals surface area (Å²) in [7, 11) is 2.12. The van der Waals surface area contributed by atoms with Gasteiger partial charge in [0.2, 0.25) is 0 Å². The van der Waals surface area contributed by atoms with Gasteiger partial charge in [0, 0.05) is 58.7 Å². The molecule has 4 nitrogen and oxygen atoms in total. The lowest BCUT2D eigenvalue weighted by molar-refractivity contribution is 0.584. The van der Waals surface area contributed by atoms with Gasteiger partial charge in [0.25, 0.3) is 0 Å². The maximum absolute atomic E-state index is 5.03. The maximum atomic E-state index is 5.03. The third kappa shape index (κ3) is 10.3. The van der Waals surface area contributed by atoms with Gasteiger partial charge in [0.15, 0.2) is 5.82 Å². The summed E-state index contributed by atoms with van der Waals surface area (Å²) in [6.07, 6.45) is 33.6. The minimum atomic E-state index is 0.663. The Morgan fingerprint density at radius 3 is 2.30 bits per heavy atom. The van der Waals surface area contributed by atoms with Crippen LogP contribution in [-0.4, -0.2) is 26.5 Å². The van der Waals surface area contributed by atoms with Crippen LogP contribution in [0.1, 0.15) is 77.9 Å². The molecule has 2 heterocycles. The molecule has 0 radical (unpaired) electrons. The van der Waals surface area contributed by atoms with Crippen LogP contribution in [0.15, 0.2) is 170 Å². The molecule has 0 saturated heterocycles. The highest BCUT2D eigenvalue weighted by atomic mass is 15.1. The second kappa shape index (κ2) is 21.2. The van der Waals surface area contributed by atoms with Crippen molar-refractivity contribution in [3.05, 3.63) is 187 Å². The molecular weight excluding hydrogens is 693 g/mol. The van der Waals surface area contributed by atoms with Gasteiger partial charge in [-0.05, 0) is 105 Å². The average Bonchev–Trinajstić information content (AvgIpc) is 3.61. The third-order valence-electron chi connectivity index (χ3n) is 9.76. The summed E-state index contributed by atoms with van der Waals surface area (Å²) in [4.78, 5) is 12.2. The molecule has 1 aliphatic rings. The zero-order chi connectivity index (χ0) is 40.6. The fourth-order valence-corrected chi connectivity index (χ4v) is 6.83. The van der Waals surface area contributed by atoms with Crippen molar-refractivity contribution in [3.8, 4) is 11.3 Å². The summed E-state index contributed by atoms with van der Waals surface area (Å²) < 4.78 is 2.39. The first-order valence-electron chi connectivity index (χ1n) is 20.4. The van der Waals surface area contributed by atoms with Gasteiger partial charge in [0.1, 0.15) is 0 Å². The first kappa shape index (κ1) is 41.9. The molecule has 0 saturated carbocycles. The quantitative estimate of drug-likeness (QED) is 0.0709. The van der Waals surface area contributed by atoms with Crippen molar-refractivity contribution in [2.45, 2.75) is 67.2 Å². The van der Waals surface area contributed by atoms with Gasteiger partial charge >= 0.3 is 0 Å². The Kier molecular flexibility index (Phi) is 15.5. The largest absolute Gasteiger partial charge is 0.351 e. The molecule has 0 amide bonds. The smallest absolute Gasteiger partial charge is 0.160 e. The fraction of sp³-hybridized carbons (Fsp3) is 0.208. The van der Waals surface area contributed by atoms with Gasteiger partial charge in [-0.1, -0.05) is 137 Å². The van der Waals surface area contributed by atoms with Crippen molar-refractivity contribution in [2.75, 3.05) is 7.05 Å². The van der Waals surface area contributed by atoms with E-state index in [-0.39, 0.29) is 0 Å². The average molecular weight is 751 g/mol. The van der Waals surface area contributed by atoms with Gasteiger partial charge in [-0.15, -0.1) is 0 Å². The molecule has 290 valence electrons. The highest BCUT2D eigenvalue weighted by Crippen LogP contribution is 2.39. The van der Waals surface area contributed by atoms with E-state index in [9.17, 15) is 0 Å². The highest BCUT2D eigenvalue weighted by molar-refractivity contribution is 6.24. The van der Waals surface area contributed by atoms with Gasteiger partial charge in [-0.2, -0.15) is 0 Å². The minimum Gasteiger partial charge on any atom is -0.351 e. The number of allylic oxidation sites excluding steroid dienone is 14. The van der Waals surface area contributed by atoms with Crippen molar-refractivity contribution in [1.29, 1.82) is 0 Å². The van der Waals surface area contributed by atoms with Crippen LogP contribution in [0.2, 0.25) is 0 Å². The van der Waals surface area contributed by atoms with E-state index in [1.807, 2.05) is 64.1 Å². The fourth-order valence-electron chi connectivity index (χ4n) is 6.83. The number of nitrogens with zero attached hydrogens (tertiary/aromatic N) is 4. The number of hydrogen-bond acceptors (Lipinski definition) is 3. The van der Waals surface area contributed by atoms with E-state index >= 15 is 0 Å². The van der Waals surface area contributed by atoms with Crippen LogP contribution >= 0.6 is 0 Å². The van der Waals surface area contributed by atoms with Gasteiger partial charge in [-0.25, -0.2) is 9.97 Å². The van der Waals surface area contributed by atoms with E-state index in [2.05, 4.69) is 165 Å². The van der Waals surface area contributed by atoms with Gasteiger partial charge < -0.3 is 9.47 Å². The molecule has 0 aliphatic heterocycles. The number of benzene rings is 4. The van der Waals surface area contributed by atoms with Crippen molar-refractivity contribution < 1.29 is 0 Å². The van der Waals surface area contributed by atoms with Gasteiger partial charge in [-0.3, -0.25) is 0 Å². The van der Waals surface area contributed by atoms with E-state index < -0.39 is 0 Å². The molecule has 7 rings (SSSR count). The van der Waals surface area contributed by atoms with Crippen LogP contribution < -0.4 is 0 Å². The molecule has 1 aliphatic carbocycles. The van der Waals surface area contributed by atoms with E-state index in [4.69, 9.17) is 9.97 Å². The number of rotatable bonds is 12. The maximum Gasteiger partial charge on any atom is 0.160 e. The first-order valence-corrected chi connectivity index (χ1v) is 20.4. The zero-order valence-electron chi connectivity index (χ0n) is 34.9. The van der Waals surface area contributed by atoms with Crippen LogP contribution in [0.25, 0.3) is 61.2 Å². The molecule has 0 N–H and O–H groups in total. The molecule has 4 aromatic carbocycles. The predicted octanol–water partition coefficient (Wildman–Crippen LogP) is 14.8. The number of aromatic nitrogens is 3. The Labute approximate surface area is 341 Å². The SMILES string of the molecule is C/C=C\C.C=C/C(=C\C=C(/C)n1c2cccc3ccc4cc(/C=C\N(C)C5=CCCC=C5)cc1c4c32)c1nc(C/C=C\C=C/CC)cc(-c2ccccc2)n1.CC. The molecule has 57 heavy (non-hydrogen) atoms. The Bertz CT molecular complexity index is 2490. The van der Waals surface area contributed by atoms with Crippen LogP contribution in [0, 0.1) is 0 Å². The van der Waals surface area contributed by atoms with Crippen molar-refractivity contribution in [3.63, 3.8) is 0 Å². The number of hydrogen-bond donors (Lipinski definition) is 0. The second-order valence-electron chi connectivity index (χ2n) is 13.7. The van der Waals surface area contributed by atoms with E-state index in [0.29, 0.717) is 12.2 Å². The van der Waals surface area contributed by atoms with E-state index in [1.165, 1.54) is 38.3 Å². The molecule has 0 spiro atoms. The monoisotopic (exact) mass is 750 g/mol. The highest BCUT2D eigenvalue weighted by Gasteiger charge is 2.17. The molecule has 4 heteroatoms. The van der Waals surface area contributed by atoms with Crippen LogP contribution in [-0.2, 0) is 6.42 Å². The van der Waals surface area contributed by atoms with Crippen LogP contribution in [0.4, 0.5) is 0 Å². The minimum absolute atomic E-state index is 0.663. The lowest BCUT2D eigenvalue weighted by atomic mass is 10.0. The van der Waals surface area contributed by atoms with Crippen molar-refractivity contribution in [2.24, 2.45) is 0 Å². The molecular formula is C53H58N4. The molecule has 0 atom stereocenters.